The lowest BCUT2D eigenvalue weighted by molar-refractivity contribution is 0.198. The van der Waals surface area contributed by atoms with Crippen molar-refractivity contribution >= 4 is 0 Å². The van der Waals surface area contributed by atoms with Gasteiger partial charge in [0, 0.05) is 25.6 Å². The predicted octanol–water partition coefficient (Wildman–Crippen LogP) is 2.27. The number of nitrogens with one attached hydrogen (secondary N) is 1. The monoisotopic (exact) mass is 249 g/mol. The van der Waals surface area contributed by atoms with Crippen LogP contribution in [-0.4, -0.2) is 33.9 Å². The Kier molecular flexibility index (Phi) is 4.25. The van der Waals surface area contributed by atoms with E-state index in [0.29, 0.717) is 5.41 Å². The van der Waals surface area contributed by atoms with Crippen LogP contribution in [0.5, 0.6) is 5.75 Å². The van der Waals surface area contributed by atoms with E-state index in [1.165, 1.54) is 24.0 Å². The van der Waals surface area contributed by atoms with Crippen LogP contribution < -0.4 is 10.1 Å². The Morgan fingerprint density at radius 1 is 1.28 bits per heavy atom. The molecule has 0 bridgehead atoms. The zero-order chi connectivity index (χ0) is 13.0. The van der Waals surface area contributed by atoms with Crippen LogP contribution in [0.4, 0.5) is 0 Å². The summed E-state index contributed by atoms with van der Waals surface area (Å²) in [6.07, 6.45) is 2.53. The van der Waals surface area contributed by atoms with Crippen molar-refractivity contribution in [3.8, 4) is 5.75 Å². The first-order chi connectivity index (χ1) is 8.72. The molecule has 0 spiro atoms. The molecule has 0 aliphatic heterocycles. The summed E-state index contributed by atoms with van der Waals surface area (Å²) >= 11 is 0. The summed E-state index contributed by atoms with van der Waals surface area (Å²) in [7, 11) is 3.47. The lowest BCUT2D eigenvalue weighted by Gasteiger charge is -2.18. The Bertz CT molecular complexity index is 399. The molecule has 0 heterocycles. The van der Waals surface area contributed by atoms with Crippen LogP contribution in [0.15, 0.2) is 18.2 Å². The van der Waals surface area contributed by atoms with Gasteiger partial charge in [0.1, 0.15) is 5.75 Å². The van der Waals surface area contributed by atoms with Crippen molar-refractivity contribution < 1.29 is 9.47 Å². The Morgan fingerprint density at radius 2 is 2.06 bits per heavy atom. The molecule has 0 atom stereocenters. The van der Waals surface area contributed by atoms with E-state index in [4.69, 9.17) is 9.47 Å². The van der Waals surface area contributed by atoms with Gasteiger partial charge >= 0.3 is 0 Å². The molecule has 1 fully saturated rings. The van der Waals surface area contributed by atoms with E-state index in [1.807, 2.05) is 0 Å². The number of methoxy groups -OCH3 is 2. The first kappa shape index (κ1) is 13.4. The highest BCUT2D eigenvalue weighted by Crippen LogP contribution is 2.48. The summed E-state index contributed by atoms with van der Waals surface area (Å²) in [5.41, 5.74) is 2.92. The van der Waals surface area contributed by atoms with Crippen LogP contribution in [0.1, 0.15) is 24.0 Å². The van der Waals surface area contributed by atoms with Gasteiger partial charge in [-0.2, -0.15) is 0 Å². The minimum absolute atomic E-state index is 0.328. The fourth-order valence-corrected chi connectivity index (χ4v) is 2.37. The average molecular weight is 249 g/mol. The topological polar surface area (TPSA) is 30.5 Å². The zero-order valence-corrected chi connectivity index (χ0v) is 11.6. The van der Waals surface area contributed by atoms with Crippen LogP contribution in [-0.2, 0) is 10.2 Å². The minimum atomic E-state index is 0.328. The predicted molar refractivity (Wildman–Crippen MR) is 73.4 cm³/mol. The molecule has 1 N–H and O–H groups in total. The highest BCUT2D eigenvalue weighted by Gasteiger charge is 2.43. The average Bonchev–Trinajstić information content (AvgIpc) is 3.16. The Hall–Kier alpha value is -1.06. The second kappa shape index (κ2) is 5.72. The van der Waals surface area contributed by atoms with Gasteiger partial charge in [-0.1, -0.05) is 12.1 Å². The van der Waals surface area contributed by atoms with Crippen LogP contribution in [0, 0.1) is 6.92 Å². The van der Waals surface area contributed by atoms with Crippen molar-refractivity contribution in [1.82, 2.24) is 5.32 Å². The van der Waals surface area contributed by atoms with E-state index in [-0.39, 0.29) is 0 Å². The molecule has 1 aliphatic carbocycles. The molecule has 0 saturated heterocycles. The third-order valence-corrected chi connectivity index (χ3v) is 3.82. The summed E-state index contributed by atoms with van der Waals surface area (Å²) in [6, 6.07) is 6.59. The van der Waals surface area contributed by atoms with Crippen molar-refractivity contribution in [3.63, 3.8) is 0 Å². The smallest absolute Gasteiger partial charge is 0.122 e. The van der Waals surface area contributed by atoms with Crippen molar-refractivity contribution in [3.05, 3.63) is 29.3 Å². The van der Waals surface area contributed by atoms with Gasteiger partial charge in [0.2, 0.25) is 0 Å². The first-order valence-corrected chi connectivity index (χ1v) is 6.57. The molecular formula is C15H23NO2. The van der Waals surface area contributed by atoms with Gasteiger partial charge in [0.05, 0.1) is 13.7 Å². The van der Waals surface area contributed by atoms with Gasteiger partial charge in [0.25, 0.3) is 0 Å². The second-order valence-corrected chi connectivity index (χ2v) is 5.13. The molecule has 0 unspecified atom stereocenters. The molecular weight excluding hydrogens is 226 g/mol. The fourth-order valence-electron chi connectivity index (χ4n) is 2.37. The van der Waals surface area contributed by atoms with Gasteiger partial charge < -0.3 is 14.8 Å². The maximum Gasteiger partial charge on any atom is 0.122 e. The molecule has 1 aliphatic rings. The first-order valence-electron chi connectivity index (χ1n) is 6.57. The number of rotatable bonds is 7. The standard InChI is InChI=1S/C15H23NO2/c1-12-4-5-13(10-14(12)18-3)15(6-7-15)11-16-8-9-17-2/h4-5,10,16H,6-9,11H2,1-3H3. The lowest BCUT2D eigenvalue weighted by Crippen LogP contribution is -2.29. The molecule has 0 radical (unpaired) electrons. The van der Waals surface area contributed by atoms with Crippen molar-refractivity contribution in [1.29, 1.82) is 0 Å². The summed E-state index contributed by atoms with van der Waals surface area (Å²) in [4.78, 5) is 0. The van der Waals surface area contributed by atoms with E-state index < -0.39 is 0 Å². The number of hydrogen-bond acceptors (Lipinski definition) is 3. The zero-order valence-electron chi connectivity index (χ0n) is 11.6. The van der Waals surface area contributed by atoms with E-state index >= 15 is 0 Å². The molecule has 3 nitrogen and oxygen atoms in total. The van der Waals surface area contributed by atoms with Crippen LogP contribution in [0.25, 0.3) is 0 Å². The van der Waals surface area contributed by atoms with Crippen molar-refractivity contribution in [2.45, 2.75) is 25.2 Å². The summed E-state index contributed by atoms with van der Waals surface area (Å²) in [6.45, 7) is 4.80. The third-order valence-electron chi connectivity index (χ3n) is 3.82. The molecule has 1 saturated carbocycles. The van der Waals surface area contributed by atoms with E-state index in [0.717, 1.165) is 25.4 Å². The van der Waals surface area contributed by atoms with Gasteiger partial charge in [-0.25, -0.2) is 0 Å². The molecule has 1 aromatic rings. The molecule has 2 rings (SSSR count). The Balaban J connectivity index is 2.01. The van der Waals surface area contributed by atoms with Crippen LogP contribution in [0.3, 0.4) is 0 Å². The van der Waals surface area contributed by atoms with Gasteiger partial charge in [-0.3, -0.25) is 0 Å². The van der Waals surface area contributed by atoms with Gasteiger partial charge in [-0.05, 0) is 37.0 Å². The van der Waals surface area contributed by atoms with Gasteiger partial charge in [0.15, 0.2) is 0 Å². The van der Waals surface area contributed by atoms with E-state index in [2.05, 4.69) is 30.4 Å². The highest BCUT2D eigenvalue weighted by atomic mass is 16.5. The molecule has 18 heavy (non-hydrogen) atoms. The Morgan fingerprint density at radius 3 is 2.67 bits per heavy atom. The normalized spacial score (nSPS) is 16.6. The van der Waals surface area contributed by atoms with Crippen LogP contribution >= 0.6 is 0 Å². The molecule has 100 valence electrons. The molecule has 1 aromatic carbocycles. The summed E-state index contributed by atoms with van der Waals surface area (Å²) in [5.74, 6) is 0.996. The number of benzene rings is 1. The highest BCUT2D eigenvalue weighted by molar-refractivity contribution is 5.42. The second-order valence-electron chi connectivity index (χ2n) is 5.13. The maximum absolute atomic E-state index is 5.41. The van der Waals surface area contributed by atoms with Crippen molar-refractivity contribution in [2.75, 3.05) is 33.9 Å². The minimum Gasteiger partial charge on any atom is -0.496 e. The fraction of sp³-hybridized carbons (Fsp3) is 0.600. The Labute approximate surface area is 109 Å². The third kappa shape index (κ3) is 2.85. The number of hydrogen-bond donors (Lipinski definition) is 1. The molecule has 3 heteroatoms. The summed E-state index contributed by atoms with van der Waals surface area (Å²) < 4.78 is 10.5. The molecule has 0 aromatic heterocycles. The van der Waals surface area contributed by atoms with Crippen molar-refractivity contribution in [2.24, 2.45) is 0 Å². The summed E-state index contributed by atoms with van der Waals surface area (Å²) in [5, 5.41) is 3.47. The maximum atomic E-state index is 5.41. The van der Waals surface area contributed by atoms with E-state index in [1.54, 1.807) is 14.2 Å². The van der Waals surface area contributed by atoms with Gasteiger partial charge in [-0.15, -0.1) is 0 Å². The molecule has 0 amide bonds. The van der Waals surface area contributed by atoms with Crippen LogP contribution in [0.2, 0.25) is 0 Å². The quantitative estimate of drug-likeness (QED) is 0.752. The number of aryl methyl sites for hydroxylation is 1. The largest absolute Gasteiger partial charge is 0.496 e. The number of ether oxygens (including phenoxy) is 2. The van der Waals surface area contributed by atoms with E-state index in [9.17, 15) is 0 Å². The SMILES string of the molecule is COCCNCC1(c2ccc(C)c(OC)c2)CC1. The lowest BCUT2D eigenvalue weighted by atomic mass is 9.94.